The minimum Gasteiger partial charge on any atom is -0.362 e. The SMILES string of the molecule is OC1C=C[CH+]C(F)=C1. The predicted octanol–water partition coefficient (Wildman–Crippen LogP) is 0.975. The quantitative estimate of drug-likeness (QED) is 0.464. The van der Waals surface area contributed by atoms with Gasteiger partial charge in [-0.15, -0.1) is 0 Å². The van der Waals surface area contributed by atoms with Gasteiger partial charge in [-0.3, -0.25) is 0 Å². The fourth-order valence-corrected chi connectivity index (χ4v) is 0.536. The largest absolute Gasteiger partial charge is 0.362 e. The zero-order chi connectivity index (χ0) is 5.98. The van der Waals surface area contributed by atoms with Gasteiger partial charge in [0.05, 0.1) is 12.5 Å². The number of halogens is 1. The Hall–Kier alpha value is -0.760. The van der Waals surface area contributed by atoms with Crippen LogP contribution in [0.25, 0.3) is 0 Å². The first-order chi connectivity index (χ1) is 3.79. The van der Waals surface area contributed by atoms with Crippen LogP contribution in [-0.4, -0.2) is 11.2 Å². The number of hydrogen-bond acceptors (Lipinski definition) is 1. The highest BCUT2D eigenvalue weighted by molar-refractivity contribution is 5.24. The Bertz CT molecular complexity index is 137. The first-order valence-corrected chi connectivity index (χ1v) is 2.36. The van der Waals surface area contributed by atoms with Crippen molar-refractivity contribution in [1.29, 1.82) is 0 Å². The maximum Gasteiger partial charge on any atom is 0.229 e. The number of aliphatic hydroxyl groups excluding tert-OH is 1. The van der Waals surface area contributed by atoms with Gasteiger partial charge in [-0.2, -0.15) is 4.39 Å². The van der Waals surface area contributed by atoms with E-state index in [-0.39, 0.29) is 5.83 Å². The third kappa shape index (κ3) is 1.10. The van der Waals surface area contributed by atoms with Gasteiger partial charge in [0.1, 0.15) is 0 Å². The maximum absolute atomic E-state index is 12.0. The summed E-state index contributed by atoms with van der Waals surface area (Å²) in [4.78, 5) is 0. The van der Waals surface area contributed by atoms with E-state index in [2.05, 4.69) is 0 Å². The van der Waals surface area contributed by atoms with Crippen LogP contribution in [0.1, 0.15) is 0 Å². The zero-order valence-electron chi connectivity index (χ0n) is 4.21. The maximum atomic E-state index is 12.0. The normalized spacial score (nSPS) is 26.8. The second kappa shape index (κ2) is 2.01. The monoisotopic (exact) mass is 113 g/mol. The summed E-state index contributed by atoms with van der Waals surface area (Å²) in [7, 11) is 0. The summed E-state index contributed by atoms with van der Waals surface area (Å²) < 4.78 is 12.0. The molecule has 0 aliphatic heterocycles. The van der Waals surface area contributed by atoms with E-state index in [4.69, 9.17) is 5.11 Å². The van der Waals surface area contributed by atoms with Gasteiger partial charge >= 0.3 is 0 Å². The Labute approximate surface area is 47.1 Å². The Balaban J connectivity index is 2.60. The highest BCUT2D eigenvalue weighted by Crippen LogP contribution is 2.09. The Morgan fingerprint density at radius 1 is 1.75 bits per heavy atom. The molecule has 1 aliphatic rings. The molecule has 0 amide bonds. The number of hydrogen-bond donors (Lipinski definition) is 1. The molecule has 2 heteroatoms. The van der Waals surface area contributed by atoms with Crippen LogP contribution in [0.4, 0.5) is 4.39 Å². The van der Waals surface area contributed by atoms with E-state index >= 15 is 0 Å². The van der Waals surface area contributed by atoms with Crippen LogP contribution in [0.15, 0.2) is 24.1 Å². The summed E-state index contributed by atoms with van der Waals surface area (Å²) in [5.74, 6) is -0.375. The molecule has 8 heavy (non-hydrogen) atoms. The Kier molecular flexibility index (Phi) is 1.35. The highest BCUT2D eigenvalue weighted by Gasteiger charge is 2.11. The minimum atomic E-state index is -0.736. The summed E-state index contributed by atoms with van der Waals surface area (Å²) in [5, 5.41) is 8.66. The van der Waals surface area contributed by atoms with Crippen molar-refractivity contribution in [2.75, 3.05) is 0 Å². The number of allylic oxidation sites excluding steroid dienone is 2. The van der Waals surface area contributed by atoms with Crippen LogP contribution in [0, 0.1) is 6.42 Å². The van der Waals surface area contributed by atoms with Crippen LogP contribution >= 0.6 is 0 Å². The van der Waals surface area contributed by atoms with Crippen LogP contribution in [0.5, 0.6) is 0 Å². The van der Waals surface area contributed by atoms with Gasteiger partial charge in [-0.05, 0) is 0 Å². The van der Waals surface area contributed by atoms with Crippen molar-refractivity contribution in [3.63, 3.8) is 0 Å². The summed E-state index contributed by atoms with van der Waals surface area (Å²) in [6.45, 7) is 0. The first-order valence-electron chi connectivity index (χ1n) is 2.36. The van der Waals surface area contributed by atoms with Crippen molar-refractivity contribution < 1.29 is 9.50 Å². The molecule has 42 valence electrons. The van der Waals surface area contributed by atoms with Crippen molar-refractivity contribution in [2.45, 2.75) is 6.10 Å². The van der Waals surface area contributed by atoms with Crippen LogP contribution in [-0.2, 0) is 0 Å². The Morgan fingerprint density at radius 2 is 2.50 bits per heavy atom. The Morgan fingerprint density at radius 3 is 2.88 bits per heavy atom. The molecule has 0 saturated carbocycles. The molecule has 0 spiro atoms. The van der Waals surface area contributed by atoms with Crippen molar-refractivity contribution in [1.82, 2.24) is 0 Å². The lowest BCUT2D eigenvalue weighted by atomic mass is 10.1. The lowest BCUT2D eigenvalue weighted by molar-refractivity contribution is 0.267. The van der Waals surface area contributed by atoms with E-state index < -0.39 is 6.10 Å². The third-order valence-electron chi connectivity index (χ3n) is 0.894. The highest BCUT2D eigenvalue weighted by atomic mass is 19.1. The molecule has 0 heterocycles. The molecule has 0 fully saturated rings. The van der Waals surface area contributed by atoms with Crippen molar-refractivity contribution in [2.24, 2.45) is 0 Å². The van der Waals surface area contributed by atoms with E-state index in [1.54, 1.807) is 0 Å². The van der Waals surface area contributed by atoms with Gasteiger partial charge in [0.15, 0.2) is 6.10 Å². The van der Waals surface area contributed by atoms with Crippen molar-refractivity contribution >= 4 is 0 Å². The molecule has 0 saturated heterocycles. The van der Waals surface area contributed by atoms with E-state index in [9.17, 15) is 4.39 Å². The average Bonchev–Trinajstić information content (AvgIpc) is 1.64. The summed E-state index contributed by atoms with van der Waals surface area (Å²) in [6.07, 6.45) is 4.69. The standard InChI is InChI=1S/C6H6FO/c7-5-2-1-3-6(8)4-5/h1-4,6,8H/q+1. The third-order valence-corrected chi connectivity index (χ3v) is 0.894. The van der Waals surface area contributed by atoms with Crippen LogP contribution in [0.2, 0.25) is 0 Å². The second-order valence-electron chi connectivity index (χ2n) is 1.59. The smallest absolute Gasteiger partial charge is 0.229 e. The fraction of sp³-hybridized carbons (Fsp3) is 0.167. The van der Waals surface area contributed by atoms with Crippen LogP contribution < -0.4 is 0 Å². The molecular weight excluding hydrogens is 107 g/mol. The lowest BCUT2D eigenvalue weighted by Crippen LogP contribution is -2.00. The van der Waals surface area contributed by atoms with Gasteiger partial charge in [-0.25, -0.2) is 0 Å². The first kappa shape index (κ1) is 5.38. The van der Waals surface area contributed by atoms with Gasteiger partial charge in [0.2, 0.25) is 5.83 Å². The molecule has 0 aromatic rings. The fourth-order valence-electron chi connectivity index (χ4n) is 0.536. The molecule has 0 aromatic carbocycles. The number of rotatable bonds is 0. The molecular formula is C6H6FO+. The van der Waals surface area contributed by atoms with Crippen LogP contribution in [0.3, 0.4) is 0 Å². The molecule has 1 rings (SSSR count). The van der Waals surface area contributed by atoms with E-state index in [0.717, 1.165) is 6.08 Å². The molecule has 1 aliphatic carbocycles. The molecule has 1 atom stereocenters. The van der Waals surface area contributed by atoms with Gasteiger partial charge in [-0.1, -0.05) is 0 Å². The van der Waals surface area contributed by atoms with Gasteiger partial charge < -0.3 is 5.11 Å². The minimum absolute atomic E-state index is 0.375. The average molecular weight is 113 g/mol. The van der Waals surface area contributed by atoms with E-state index in [1.165, 1.54) is 18.6 Å². The number of aliphatic hydroxyl groups is 1. The summed E-state index contributed by atoms with van der Waals surface area (Å²) >= 11 is 0. The van der Waals surface area contributed by atoms with Gasteiger partial charge in [0.25, 0.3) is 0 Å². The topological polar surface area (TPSA) is 20.2 Å². The lowest BCUT2D eigenvalue weighted by Gasteiger charge is -1.93. The van der Waals surface area contributed by atoms with E-state index in [1.807, 2.05) is 0 Å². The molecule has 0 aromatic heterocycles. The molecule has 1 unspecified atom stereocenters. The molecule has 1 N–H and O–H groups in total. The van der Waals surface area contributed by atoms with Gasteiger partial charge in [0, 0.05) is 12.2 Å². The van der Waals surface area contributed by atoms with Crippen molar-refractivity contribution in [3.8, 4) is 0 Å². The molecule has 1 nitrogen and oxygen atoms in total. The molecule has 0 bridgehead atoms. The molecule has 0 radical (unpaired) electrons. The van der Waals surface area contributed by atoms with Crippen molar-refractivity contribution in [3.05, 3.63) is 30.5 Å². The second-order valence-corrected chi connectivity index (χ2v) is 1.59. The predicted molar refractivity (Wildman–Crippen MR) is 28.6 cm³/mol. The summed E-state index contributed by atoms with van der Waals surface area (Å²) in [6, 6.07) is 0. The zero-order valence-corrected chi connectivity index (χ0v) is 4.21. The summed E-state index contributed by atoms with van der Waals surface area (Å²) in [5.41, 5.74) is 0. The van der Waals surface area contributed by atoms with E-state index in [0.29, 0.717) is 0 Å².